The van der Waals surface area contributed by atoms with Crippen LogP contribution in [0.4, 0.5) is 11.4 Å². The van der Waals surface area contributed by atoms with Gasteiger partial charge in [0, 0.05) is 42.0 Å². The van der Waals surface area contributed by atoms with Gasteiger partial charge in [0.15, 0.2) is 5.11 Å². The second-order valence-electron chi connectivity index (χ2n) is 8.11. The van der Waals surface area contributed by atoms with Gasteiger partial charge in [-0.05, 0) is 60.7 Å². The highest BCUT2D eigenvalue weighted by Gasteiger charge is 2.43. The minimum absolute atomic E-state index is 0.0344. The molecule has 0 bridgehead atoms. The number of nitro benzene ring substituents is 1. The highest BCUT2D eigenvalue weighted by molar-refractivity contribution is 7.80. The van der Waals surface area contributed by atoms with Crippen molar-refractivity contribution in [3.8, 4) is 17.2 Å². The lowest BCUT2D eigenvalue weighted by Gasteiger charge is -2.30. The van der Waals surface area contributed by atoms with Crippen molar-refractivity contribution in [1.29, 1.82) is 0 Å². The van der Waals surface area contributed by atoms with E-state index < -0.39 is 4.92 Å². The van der Waals surface area contributed by atoms with Crippen molar-refractivity contribution in [3.05, 3.63) is 107 Å². The van der Waals surface area contributed by atoms with Gasteiger partial charge in [-0.25, -0.2) is 0 Å². The largest absolute Gasteiger partial charge is 0.497 e. The Morgan fingerprint density at radius 2 is 1.83 bits per heavy atom. The fraction of sp³-hybridized carbons (Fsp3) is 0.154. The molecule has 4 aromatic rings. The molecule has 0 aliphatic carbocycles. The summed E-state index contributed by atoms with van der Waals surface area (Å²) in [5.41, 5.74) is 3.35. The summed E-state index contributed by atoms with van der Waals surface area (Å²) in [6.45, 7) is 0. The zero-order valence-electron chi connectivity index (χ0n) is 19.6. The zero-order chi connectivity index (χ0) is 25.2. The Kier molecular flexibility index (Phi) is 6.26. The number of benzene rings is 2. The average Bonchev–Trinajstić information content (AvgIpc) is 3.53. The van der Waals surface area contributed by atoms with E-state index in [1.165, 1.54) is 12.1 Å². The van der Waals surface area contributed by atoms with E-state index in [4.69, 9.17) is 21.7 Å². The van der Waals surface area contributed by atoms with Gasteiger partial charge >= 0.3 is 0 Å². The van der Waals surface area contributed by atoms with Gasteiger partial charge in [0.05, 0.1) is 36.6 Å². The van der Waals surface area contributed by atoms with Gasteiger partial charge in [0.2, 0.25) is 0 Å². The Labute approximate surface area is 213 Å². The summed E-state index contributed by atoms with van der Waals surface area (Å²) in [5.74, 6) is 1.28. The first-order valence-electron chi connectivity index (χ1n) is 11.2. The van der Waals surface area contributed by atoms with Crippen LogP contribution in [0.1, 0.15) is 23.5 Å². The maximum atomic E-state index is 11.2. The van der Waals surface area contributed by atoms with Gasteiger partial charge in [0.1, 0.15) is 17.5 Å². The van der Waals surface area contributed by atoms with Crippen molar-refractivity contribution in [2.45, 2.75) is 12.1 Å². The normalized spacial score (nSPS) is 17.1. The van der Waals surface area contributed by atoms with E-state index >= 15 is 0 Å². The molecule has 0 spiro atoms. The van der Waals surface area contributed by atoms with E-state index in [2.05, 4.69) is 10.3 Å². The molecule has 1 N–H and O–H groups in total. The summed E-state index contributed by atoms with van der Waals surface area (Å²) >= 11 is 5.84. The topological polar surface area (TPSA) is 94.7 Å². The van der Waals surface area contributed by atoms with Crippen molar-refractivity contribution in [2.75, 3.05) is 19.1 Å². The second kappa shape index (κ2) is 9.67. The first kappa shape index (κ1) is 23.3. The summed E-state index contributed by atoms with van der Waals surface area (Å²) in [5, 5.41) is 15.1. The van der Waals surface area contributed by atoms with E-state index in [-0.39, 0.29) is 17.8 Å². The van der Waals surface area contributed by atoms with Crippen LogP contribution >= 0.6 is 12.2 Å². The predicted octanol–water partition coefficient (Wildman–Crippen LogP) is 4.97. The summed E-state index contributed by atoms with van der Waals surface area (Å²) in [6, 6.07) is 21.2. The number of pyridine rings is 1. The fourth-order valence-electron chi connectivity index (χ4n) is 4.50. The average molecular weight is 502 g/mol. The maximum absolute atomic E-state index is 11.2. The Morgan fingerprint density at radius 1 is 1.03 bits per heavy atom. The van der Waals surface area contributed by atoms with Crippen LogP contribution in [0.2, 0.25) is 0 Å². The fourth-order valence-corrected chi connectivity index (χ4v) is 4.84. The molecule has 1 aliphatic heterocycles. The van der Waals surface area contributed by atoms with Crippen LogP contribution in [-0.2, 0) is 0 Å². The molecule has 0 amide bonds. The quantitative estimate of drug-likeness (QED) is 0.215. The number of nitrogens with zero attached hydrogens (tertiary/aromatic N) is 4. The first-order valence-corrected chi connectivity index (χ1v) is 11.6. The van der Waals surface area contributed by atoms with Crippen LogP contribution in [0, 0.1) is 10.1 Å². The number of aromatic nitrogens is 2. The van der Waals surface area contributed by atoms with Crippen LogP contribution < -0.4 is 19.7 Å². The molecule has 182 valence electrons. The molecule has 0 radical (unpaired) electrons. The Morgan fingerprint density at radius 3 is 2.50 bits per heavy atom. The van der Waals surface area contributed by atoms with Gasteiger partial charge in [-0.15, -0.1) is 0 Å². The van der Waals surface area contributed by atoms with Gasteiger partial charge in [-0.3, -0.25) is 15.1 Å². The van der Waals surface area contributed by atoms with Gasteiger partial charge in [-0.2, -0.15) is 0 Å². The summed E-state index contributed by atoms with van der Waals surface area (Å²) in [7, 11) is 3.21. The van der Waals surface area contributed by atoms with Crippen LogP contribution in [0.25, 0.3) is 5.69 Å². The highest BCUT2D eigenvalue weighted by Crippen LogP contribution is 2.45. The Balaban J connectivity index is 1.66. The number of nitrogens with one attached hydrogen (secondary N) is 1. The number of ether oxygens (including phenoxy) is 2. The van der Waals surface area contributed by atoms with Crippen molar-refractivity contribution in [3.63, 3.8) is 0 Å². The number of non-ortho nitro benzene ring substituents is 1. The SMILES string of the molecule is COc1ccc(N2C(=S)N[C@@H](c3ccccn3)[C@H]2c2cccn2-c2ccc([N+](=O)[O-])cc2)c(OC)c1. The molecular weight excluding hydrogens is 478 g/mol. The van der Waals surface area contributed by atoms with Crippen molar-refractivity contribution in [1.82, 2.24) is 14.9 Å². The number of thiocarbonyl (C=S) groups is 1. The molecule has 36 heavy (non-hydrogen) atoms. The number of anilines is 1. The van der Waals surface area contributed by atoms with Gasteiger partial charge < -0.3 is 24.3 Å². The number of rotatable bonds is 7. The first-order chi connectivity index (χ1) is 17.5. The standard InChI is InChI=1S/C26H23N5O4S/c1-34-19-12-13-21(23(16-19)35-2)30-25(24(28-26(30)36)20-6-3-4-14-27-20)22-7-5-15-29(22)17-8-10-18(11-9-17)31(32)33/h3-16,24-25H,1-2H3,(H,28,36)/t24-,25+/m0/s1. The number of nitro groups is 1. The lowest BCUT2D eigenvalue weighted by atomic mass is 10.0. The summed E-state index contributed by atoms with van der Waals surface area (Å²) in [4.78, 5) is 17.4. The molecule has 1 saturated heterocycles. The van der Waals surface area contributed by atoms with Crippen molar-refractivity contribution < 1.29 is 14.4 Å². The molecule has 10 heteroatoms. The number of hydrogen-bond acceptors (Lipinski definition) is 6. The molecule has 0 unspecified atom stereocenters. The van der Waals surface area contributed by atoms with Crippen molar-refractivity contribution >= 4 is 28.7 Å². The molecule has 1 aliphatic rings. The van der Waals surface area contributed by atoms with Gasteiger partial charge in [-0.1, -0.05) is 6.07 Å². The van der Waals surface area contributed by atoms with Crippen LogP contribution in [0.5, 0.6) is 11.5 Å². The monoisotopic (exact) mass is 501 g/mol. The third kappa shape index (κ3) is 4.11. The molecule has 3 heterocycles. The molecular formula is C26H23N5O4S. The third-order valence-electron chi connectivity index (χ3n) is 6.17. The smallest absolute Gasteiger partial charge is 0.269 e. The Bertz CT molecular complexity index is 1410. The minimum atomic E-state index is -0.408. The van der Waals surface area contributed by atoms with E-state index in [1.807, 2.05) is 64.2 Å². The van der Waals surface area contributed by atoms with Crippen LogP contribution in [0.3, 0.4) is 0 Å². The molecule has 0 saturated carbocycles. The zero-order valence-corrected chi connectivity index (χ0v) is 20.4. The van der Waals surface area contributed by atoms with Crippen molar-refractivity contribution in [2.24, 2.45) is 0 Å². The van der Waals surface area contributed by atoms with Gasteiger partial charge in [0.25, 0.3) is 5.69 Å². The van der Waals surface area contributed by atoms with E-state index in [9.17, 15) is 10.1 Å². The second-order valence-corrected chi connectivity index (χ2v) is 8.50. The molecule has 9 nitrogen and oxygen atoms in total. The lowest BCUT2D eigenvalue weighted by molar-refractivity contribution is -0.384. The maximum Gasteiger partial charge on any atom is 0.269 e. The predicted molar refractivity (Wildman–Crippen MR) is 140 cm³/mol. The lowest BCUT2D eigenvalue weighted by Crippen LogP contribution is -2.30. The summed E-state index contributed by atoms with van der Waals surface area (Å²) in [6.07, 6.45) is 3.68. The number of methoxy groups -OCH3 is 2. The van der Waals surface area contributed by atoms with Crippen LogP contribution in [0.15, 0.2) is 85.2 Å². The van der Waals surface area contributed by atoms with E-state index in [0.717, 1.165) is 22.8 Å². The summed E-state index contributed by atoms with van der Waals surface area (Å²) < 4.78 is 13.1. The molecule has 5 rings (SSSR count). The molecule has 2 atom stereocenters. The number of hydrogen-bond donors (Lipinski definition) is 1. The molecule has 2 aromatic carbocycles. The molecule has 2 aromatic heterocycles. The Hall–Kier alpha value is -4.44. The third-order valence-corrected chi connectivity index (χ3v) is 6.48. The van der Waals surface area contributed by atoms with E-state index in [0.29, 0.717) is 16.6 Å². The van der Waals surface area contributed by atoms with Crippen LogP contribution in [-0.4, -0.2) is 33.8 Å². The van der Waals surface area contributed by atoms with E-state index in [1.54, 1.807) is 32.5 Å². The minimum Gasteiger partial charge on any atom is -0.497 e. The molecule has 1 fully saturated rings. The highest BCUT2D eigenvalue weighted by atomic mass is 32.1.